The van der Waals surface area contributed by atoms with Crippen LogP contribution in [-0.2, 0) is 4.79 Å². The minimum Gasteiger partial charge on any atom is -0.481 e. The Balaban J connectivity index is 2.75. The zero-order chi connectivity index (χ0) is 15.3. The molecular weight excluding hydrogens is 254 g/mol. The number of aliphatic hydroxyl groups is 1. The van der Waals surface area contributed by atoms with Crippen LogP contribution in [0.5, 0.6) is 5.75 Å². The van der Waals surface area contributed by atoms with E-state index in [0.717, 1.165) is 5.56 Å². The van der Waals surface area contributed by atoms with Crippen LogP contribution in [0.1, 0.15) is 44.9 Å². The summed E-state index contributed by atoms with van der Waals surface area (Å²) in [5.74, 6) is 0.812. The lowest BCUT2D eigenvalue weighted by molar-refractivity contribution is -0.127. The maximum Gasteiger partial charge on any atom is 0.260 e. The van der Waals surface area contributed by atoms with Gasteiger partial charge >= 0.3 is 0 Å². The maximum atomic E-state index is 11.9. The van der Waals surface area contributed by atoms with Crippen LogP contribution in [0.15, 0.2) is 18.2 Å². The number of carbonyl (C=O) groups is 1. The van der Waals surface area contributed by atoms with Crippen molar-refractivity contribution in [1.82, 2.24) is 5.32 Å². The van der Waals surface area contributed by atoms with Gasteiger partial charge in [-0.15, -0.1) is 0 Å². The van der Waals surface area contributed by atoms with Crippen molar-refractivity contribution < 1.29 is 14.6 Å². The highest BCUT2D eigenvalue weighted by atomic mass is 16.5. The molecule has 0 saturated carbocycles. The lowest BCUT2D eigenvalue weighted by atomic mass is 10.1. The van der Waals surface area contributed by atoms with Crippen LogP contribution in [0, 0.1) is 12.8 Å². The molecule has 4 nitrogen and oxygen atoms in total. The fraction of sp³-hybridized carbons (Fsp3) is 0.562. The van der Waals surface area contributed by atoms with E-state index in [1.54, 1.807) is 19.9 Å². The van der Waals surface area contributed by atoms with Crippen molar-refractivity contribution in [2.75, 3.05) is 6.54 Å². The van der Waals surface area contributed by atoms with Crippen LogP contribution in [0.3, 0.4) is 0 Å². The standard InChI is InChI=1S/C16H25NO3/c1-10(2)9-17-16(19)13(5)20-15-7-6-11(3)8-14(15)12(4)18/h6-8,10,12-13,18H,9H2,1-5H3,(H,17,19)/t12-,13?/m1/s1. The fourth-order valence-electron chi connectivity index (χ4n) is 1.79. The van der Waals surface area contributed by atoms with Gasteiger partial charge in [0, 0.05) is 12.1 Å². The van der Waals surface area contributed by atoms with Gasteiger partial charge in [0.1, 0.15) is 5.75 Å². The highest BCUT2D eigenvalue weighted by molar-refractivity contribution is 5.80. The van der Waals surface area contributed by atoms with E-state index in [4.69, 9.17) is 4.74 Å². The quantitative estimate of drug-likeness (QED) is 0.841. The molecule has 4 heteroatoms. The Labute approximate surface area is 121 Å². The molecule has 1 rings (SSSR count). The van der Waals surface area contributed by atoms with Crippen molar-refractivity contribution >= 4 is 5.91 Å². The topological polar surface area (TPSA) is 58.6 Å². The number of carbonyl (C=O) groups excluding carboxylic acids is 1. The van der Waals surface area contributed by atoms with E-state index in [1.807, 2.05) is 32.9 Å². The average molecular weight is 279 g/mol. The molecule has 2 atom stereocenters. The predicted octanol–water partition coefficient (Wildman–Crippen LogP) is 2.59. The van der Waals surface area contributed by atoms with Gasteiger partial charge in [-0.3, -0.25) is 4.79 Å². The minimum absolute atomic E-state index is 0.143. The van der Waals surface area contributed by atoms with Crippen LogP contribution in [0.2, 0.25) is 0 Å². The molecule has 20 heavy (non-hydrogen) atoms. The molecule has 0 aliphatic heterocycles. The molecule has 0 heterocycles. The smallest absolute Gasteiger partial charge is 0.260 e. The predicted molar refractivity (Wildman–Crippen MR) is 79.8 cm³/mol. The molecule has 0 aliphatic rings. The first kappa shape index (κ1) is 16.5. The van der Waals surface area contributed by atoms with Crippen molar-refractivity contribution in [2.24, 2.45) is 5.92 Å². The second kappa shape index (κ2) is 7.29. The number of nitrogens with one attached hydrogen (secondary N) is 1. The number of aliphatic hydroxyl groups excluding tert-OH is 1. The summed E-state index contributed by atoms with van der Waals surface area (Å²) in [7, 11) is 0. The lowest BCUT2D eigenvalue weighted by Gasteiger charge is -2.19. The molecule has 0 bridgehead atoms. The molecule has 1 unspecified atom stereocenters. The van der Waals surface area contributed by atoms with Crippen LogP contribution in [-0.4, -0.2) is 23.7 Å². The third-order valence-corrected chi connectivity index (χ3v) is 2.97. The van der Waals surface area contributed by atoms with E-state index in [2.05, 4.69) is 5.32 Å². The molecule has 1 aromatic carbocycles. The Bertz CT molecular complexity index is 455. The van der Waals surface area contributed by atoms with Crippen LogP contribution >= 0.6 is 0 Å². The first-order valence-electron chi connectivity index (χ1n) is 7.04. The number of amides is 1. The SMILES string of the molecule is Cc1ccc(OC(C)C(=O)NCC(C)C)c([C@@H](C)O)c1. The van der Waals surface area contributed by atoms with Gasteiger partial charge in [0.2, 0.25) is 0 Å². The molecule has 1 aromatic rings. The molecule has 112 valence electrons. The molecule has 0 fully saturated rings. The van der Waals surface area contributed by atoms with Gasteiger partial charge in [0.05, 0.1) is 6.10 Å². The molecule has 2 N–H and O–H groups in total. The highest BCUT2D eigenvalue weighted by Gasteiger charge is 2.17. The molecule has 0 spiro atoms. The van der Waals surface area contributed by atoms with E-state index in [-0.39, 0.29) is 5.91 Å². The van der Waals surface area contributed by atoms with E-state index in [1.165, 1.54) is 0 Å². The zero-order valence-corrected chi connectivity index (χ0v) is 12.9. The van der Waals surface area contributed by atoms with Crippen molar-refractivity contribution in [2.45, 2.75) is 46.8 Å². The van der Waals surface area contributed by atoms with Gasteiger partial charge in [-0.2, -0.15) is 0 Å². The summed E-state index contributed by atoms with van der Waals surface area (Å²) < 4.78 is 5.68. The van der Waals surface area contributed by atoms with Crippen molar-refractivity contribution in [3.63, 3.8) is 0 Å². The first-order chi connectivity index (χ1) is 9.31. The number of hydrogen-bond donors (Lipinski definition) is 2. The Kier molecular flexibility index (Phi) is 6.02. The number of hydrogen-bond acceptors (Lipinski definition) is 3. The summed E-state index contributed by atoms with van der Waals surface area (Å²) in [5.41, 5.74) is 1.75. The minimum atomic E-state index is -0.629. The largest absolute Gasteiger partial charge is 0.481 e. The van der Waals surface area contributed by atoms with Gasteiger partial charge in [-0.05, 0) is 38.8 Å². The van der Waals surface area contributed by atoms with Crippen LogP contribution < -0.4 is 10.1 Å². The Morgan fingerprint density at radius 3 is 2.50 bits per heavy atom. The summed E-state index contributed by atoms with van der Waals surface area (Å²) in [6.07, 6.45) is -1.22. The number of aryl methyl sites for hydroxylation is 1. The van der Waals surface area contributed by atoms with Crippen molar-refractivity contribution in [1.29, 1.82) is 0 Å². The first-order valence-corrected chi connectivity index (χ1v) is 7.04. The second-order valence-corrected chi connectivity index (χ2v) is 5.62. The summed E-state index contributed by atoms with van der Waals surface area (Å²) in [6, 6.07) is 5.57. The van der Waals surface area contributed by atoms with Gasteiger partial charge in [0.15, 0.2) is 6.10 Å². The number of rotatable bonds is 6. The average Bonchev–Trinajstić information content (AvgIpc) is 2.37. The molecular formula is C16H25NO3. The molecule has 0 saturated heterocycles. The van der Waals surface area contributed by atoms with E-state index >= 15 is 0 Å². The molecule has 0 radical (unpaired) electrons. The normalized spacial score (nSPS) is 13.9. The maximum absolute atomic E-state index is 11.9. The van der Waals surface area contributed by atoms with Gasteiger partial charge < -0.3 is 15.2 Å². The highest BCUT2D eigenvalue weighted by Crippen LogP contribution is 2.27. The van der Waals surface area contributed by atoms with Crippen molar-refractivity contribution in [3.8, 4) is 5.75 Å². The molecule has 0 aliphatic carbocycles. The van der Waals surface area contributed by atoms with E-state index in [0.29, 0.717) is 23.8 Å². The number of benzene rings is 1. The van der Waals surface area contributed by atoms with Crippen molar-refractivity contribution in [3.05, 3.63) is 29.3 Å². The summed E-state index contributed by atoms with van der Waals surface area (Å²) in [4.78, 5) is 11.9. The second-order valence-electron chi connectivity index (χ2n) is 5.62. The van der Waals surface area contributed by atoms with E-state index < -0.39 is 12.2 Å². The Morgan fingerprint density at radius 2 is 1.95 bits per heavy atom. The Hall–Kier alpha value is -1.55. The molecule has 0 aromatic heterocycles. The number of ether oxygens (including phenoxy) is 1. The summed E-state index contributed by atoms with van der Waals surface area (Å²) in [6.45, 7) is 10.1. The third kappa shape index (κ3) is 4.85. The van der Waals surface area contributed by atoms with Gasteiger partial charge in [-0.25, -0.2) is 0 Å². The monoisotopic (exact) mass is 279 g/mol. The third-order valence-electron chi connectivity index (χ3n) is 2.97. The lowest BCUT2D eigenvalue weighted by Crippen LogP contribution is -2.38. The van der Waals surface area contributed by atoms with Gasteiger partial charge in [-0.1, -0.05) is 25.5 Å². The molecule has 1 amide bonds. The van der Waals surface area contributed by atoms with Gasteiger partial charge in [0.25, 0.3) is 5.91 Å². The fourth-order valence-corrected chi connectivity index (χ4v) is 1.79. The summed E-state index contributed by atoms with van der Waals surface area (Å²) >= 11 is 0. The van der Waals surface area contributed by atoms with E-state index in [9.17, 15) is 9.90 Å². The zero-order valence-electron chi connectivity index (χ0n) is 12.9. The summed E-state index contributed by atoms with van der Waals surface area (Å²) in [5, 5.41) is 12.6. The Morgan fingerprint density at radius 1 is 1.30 bits per heavy atom. The van der Waals surface area contributed by atoms with Crippen LogP contribution in [0.4, 0.5) is 0 Å². The van der Waals surface area contributed by atoms with Crippen LogP contribution in [0.25, 0.3) is 0 Å².